The van der Waals surface area contributed by atoms with Crippen LogP contribution in [0.4, 0.5) is 5.69 Å². The van der Waals surface area contributed by atoms with Crippen LogP contribution in [0.25, 0.3) is 0 Å². The van der Waals surface area contributed by atoms with E-state index in [1.165, 1.54) is 0 Å². The molecule has 0 bridgehead atoms. The molecule has 2 aromatic rings. The second kappa shape index (κ2) is 8.77. The molecule has 7 nitrogen and oxygen atoms in total. The summed E-state index contributed by atoms with van der Waals surface area (Å²) in [6, 6.07) is 11.4. The molecule has 3 rings (SSSR count). The number of hydrogen-bond donors (Lipinski definition) is 2. The molecule has 0 unspecified atom stereocenters. The van der Waals surface area contributed by atoms with Crippen molar-refractivity contribution in [2.75, 3.05) is 31.7 Å². The normalized spacial score (nSPS) is 13.5. The monoisotopic (exact) mass is 382 g/mol. The Morgan fingerprint density at radius 1 is 0.964 bits per heavy atom. The summed E-state index contributed by atoms with van der Waals surface area (Å²) in [5.41, 5.74) is 7.62. The van der Waals surface area contributed by atoms with Gasteiger partial charge in [0.05, 0.1) is 18.8 Å². The Kier molecular flexibility index (Phi) is 6.18. The summed E-state index contributed by atoms with van der Waals surface area (Å²) in [5, 5.41) is 3.15. The maximum absolute atomic E-state index is 12.9. The van der Waals surface area contributed by atoms with Crippen LogP contribution in [0.15, 0.2) is 42.5 Å². The lowest BCUT2D eigenvalue weighted by atomic mass is 9.83. The minimum Gasteiger partial charge on any atom is -0.462 e. The summed E-state index contributed by atoms with van der Waals surface area (Å²) in [6.07, 6.45) is 0. The minimum atomic E-state index is -0.656. The highest BCUT2D eigenvalue weighted by Crippen LogP contribution is 2.31. The maximum Gasteiger partial charge on any atom is 0.322 e. The van der Waals surface area contributed by atoms with E-state index in [9.17, 15) is 14.4 Å². The molecule has 1 aliphatic rings. The van der Waals surface area contributed by atoms with E-state index in [0.717, 1.165) is 0 Å². The molecule has 0 fully saturated rings. The van der Waals surface area contributed by atoms with E-state index in [2.05, 4.69) is 5.32 Å². The Morgan fingerprint density at radius 2 is 1.64 bits per heavy atom. The Labute approximate surface area is 162 Å². The number of rotatable bonds is 8. The average molecular weight is 382 g/mol. The lowest BCUT2D eigenvalue weighted by molar-refractivity contribution is -0.146. The Hall–Kier alpha value is -3.03. The first-order chi connectivity index (χ1) is 13.5. The number of anilines is 1. The van der Waals surface area contributed by atoms with E-state index >= 15 is 0 Å². The van der Waals surface area contributed by atoms with Gasteiger partial charge in [-0.1, -0.05) is 36.4 Å². The summed E-state index contributed by atoms with van der Waals surface area (Å²) in [6.45, 7) is 2.71. The van der Waals surface area contributed by atoms with Gasteiger partial charge in [0.25, 0.3) is 0 Å². The zero-order valence-electron chi connectivity index (χ0n) is 15.6. The highest BCUT2D eigenvalue weighted by atomic mass is 16.6. The van der Waals surface area contributed by atoms with E-state index in [-0.39, 0.29) is 24.8 Å². The van der Waals surface area contributed by atoms with Crippen molar-refractivity contribution in [3.63, 3.8) is 0 Å². The van der Waals surface area contributed by atoms with Gasteiger partial charge in [0.15, 0.2) is 11.6 Å². The van der Waals surface area contributed by atoms with Crippen molar-refractivity contribution in [3.8, 4) is 0 Å². The predicted octanol–water partition coefficient (Wildman–Crippen LogP) is 1.78. The van der Waals surface area contributed by atoms with Gasteiger partial charge in [-0.05, 0) is 13.0 Å². The molecule has 1 atom stereocenters. The van der Waals surface area contributed by atoms with Crippen molar-refractivity contribution in [3.05, 3.63) is 64.7 Å². The van der Waals surface area contributed by atoms with Gasteiger partial charge in [0.2, 0.25) is 0 Å². The van der Waals surface area contributed by atoms with Gasteiger partial charge in [0, 0.05) is 28.9 Å². The number of ether oxygens (including phenoxy) is 2. The smallest absolute Gasteiger partial charge is 0.322 e. The summed E-state index contributed by atoms with van der Waals surface area (Å²) < 4.78 is 10.3. The van der Waals surface area contributed by atoms with Gasteiger partial charge in [0.1, 0.15) is 12.6 Å². The molecule has 28 heavy (non-hydrogen) atoms. The molecule has 7 heteroatoms. The van der Waals surface area contributed by atoms with Gasteiger partial charge in [-0.3, -0.25) is 14.4 Å². The zero-order chi connectivity index (χ0) is 20.1. The molecule has 0 aliphatic heterocycles. The van der Waals surface area contributed by atoms with Gasteiger partial charge >= 0.3 is 5.97 Å². The number of nitrogens with one attached hydrogen (secondary N) is 1. The Balaban J connectivity index is 1.58. The lowest BCUT2D eigenvalue weighted by Gasteiger charge is -2.20. The van der Waals surface area contributed by atoms with Crippen LogP contribution in [-0.4, -0.2) is 49.9 Å². The van der Waals surface area contributed by atoms with Crippen LogP contribution < -0.4 is 11.1 Å². The topological polar surface area (TPSA) is 108 Å². The van der Waals surface area contributed by atoms with Crippen molar-refractivity contribution in [2.45, 2.75) is 13.0 Å². The van der Waals surface area contributed by atoms with Crippen LogP contribution in [0.3, 0.4) is 0 Å². The Bertz CT molecular complexity index is 907. The fraction of sp³-hybridized carbons (Fsp3) is 0.286. The van der Waals surface area contributed by atoms with E-state index in [1.807, 2.05) is 0 Å². The van der Waals surface area contributed by atoms with Gasteiger partial charge in [-0.15, -0.1) is 0 Å². The lowest BCUT2D eigenvalue weighted by Crippen LogP contribution is -2.29. The van der Waals surface area contributed by atoms with E-state index in [4.69, 9.17) is 15.2 Å². The van der Waals surface area contributed by atoms with Crippen LogP contribution in [0.5, 0.6) is 0 Å². The van der Waals surface area contributed by atoms with Crippen molar-refractivity contribution in [2.24, 2.45) is 5.73 Å². The number of carbonyl (C=O) groups excluding carboxylic acids is 3. The highest BCUT2D eigenvalue weighted by Gasteiger charge is 2.31. The molecule has 146 valence electrons. The number of nitrogens with two attached hydrogens (primary N) is 1. The molecular weight excluding hydrogens is 360 g/mol. The molecule has 0 amide bonds. The van der Waals surface area contributed by atoms with Crippen LogP contribution in [0.1, 0.15) is 38.8 Å². The number of fused-ring (bicyclic) bond motifs is 2. The molecule has 0 heterocycles. The van der Waals surface area contributed by atoms with E-state index in [0.29, 0.717) is 41.1 Å². The predicted molar refractivity (Wildman–Crippen MR) is 104 cm³/mol. The van der Waals surface area contributed by atoms with Crippen molar-refractivity contribution in [1.29, 1.82) is 0 Å². The molecule has 0 radical (unpaired) electrons. The van der Waals surface area contributed by atoms with Crippen LogP contribution in [-0.2, 0) is 14.3 Å². The number of ketones is 2. The Morgan fingerprint density at radius 3 is 2.36 bits per heavy atom. The number of benzene rings is 2. The van der Waals surface area contributed by atoms with Gasteiger partial charge in [-0.25, -0.2) is 0 Å². The molecule has 0 aromatic heterocycles. The third-order valence-corrected chi connectivity index (χ3v) is 4.36. The molecular formula is C21H22N2O5. The SMILES string of the molecule is C[C@H](N)C(=O)OCCOCCNc1cccc2c1C(=O)c1ccccc1C2=O. The zero-order valence-corrected chi connectivity index (χ0v) is 15.6. The molecule has 1 aliphatic carbocycles. The van der Waals surface area contributed by atoms with Gasteiger partial charge in [-0.2, -0.15) is 0 Å². The first-order valence-electron chi connectivity index (χ1n) is 9.06. The van der Waals surface area contributed by atoms with Gasteiger partial charge < -0.3 is 20.5 Å². The first kappa shape index (κ1) is 19.7. The van der Waals surface area contributed by atoms with Crippen LogP contribution >= 0.6 is 0 Å². The van der Waals surface area contributed by atoms with Crippen LogP contribution in [0.2, 0.25) is 0 Å². The van der Waals surface area contributed by atoms with Crippen molar-refractivity contribution in [1.82, 2.24) is 0 Å². The average Bonchev–Trinajstić information content (AvgIpc) is 2.70. The summed E-state index contributed by atoms with van der Waals surface area (Å²) >= 11 is 0. The summed E-state index contributed by atoms with van der Waals surface area (Å²) in [7, 11) is 0. The van der Waals surface area contributed by atoms with E-state index < -0.39 is 12.0 Å². The third-order valence-electron chi connectivity index (χ3n) is 4.36. The summed E-state index contributed by atoms with van der Waals surface area (Å²) in [4.78, 5) is 36.8. The van der Waals surface area contributed by atoms with Crippen molar-refractivity contribution < 1.29 is 23.9 Å². The number of esters is 1. The van der Waals surface area contributed by atoms with E-state index in [1.54, 1.807) is 49.4 Å². The minimum absolute atomic E-state index is 0.130. The second-order valence-corrected chi connectivity index (χ2v) is 6.43. The quantitative estimate of drug-likeness (QED) is 0.452. The highest BCUT2D eigenvalue weighted by molar-refractivity contribution is 6.30. The molecule has 0 saturated heterocycles. The second-order valence-electron chi connectivity index (χ2n) is 6.43. The maximum atomic E-state index is 12.9. The fourth-order valence-corrected chi connectivity index (χ4v) is 2.98. The number of carbonyl (C=O) groups is 3. The first-order valence-corrected chi connectivity index (χ1v) is 9.06. The van der Waals surface area contributed by atoms with Crippen molar-refractivity contribution >= 4 is 23.2 Å². The largest absolute Gasteiger partial charge is 0.462 e. The number of hydrogen-bond acceptors (Lipinski definition) is 7. The molecule has 3 N–H and O–H groups in total. The molecule has 2 aromatic carbocycles. The fourth-order valence-electron chi connectivity index (χ4n) is 2.98. The molecule has 0 saturated carbocycles. The summed E-state index contributed by atoms with van der Waals surface area (Å²) in [5.74, 6) is -0.792. The third kappa shape index (κ3) is 4.11. The molecule has 0 spiro atoms. The van der Waals surface area contributed by atoms with Crippen LogP contribution in [0, 0.1) is 0 Å². The standard InChI is InChI=1S/C21H22N2O5/c1-13(22)21(26)28-12-11-27-10-9-23-17-8-4-7-16-18(17)20(25)15-6-3-2-5-14(15)19(16)24/h2-8,13,23H,9-12,22H2,1H3/t13-/m0/s1.